The number of aromatic nitrogens is 1. The summed E-state index contributed by atoms with van der Waals surface area (Å²) in [5.74, 6) is 0.237. The van der Waals surface area contributed by atoms with E-state index in [0.29, 0.717) is 23.6 Å². The molecule has 0 unspecified atom stereocenters. The van der Waals surface area contributed by atoms with Crippen molar-refractivity contribution in [3.63, 3.8) is 0 Å². The number of anilines is 1. The summed E-state index contributed by atoms with van der Waals surface area (Å²) < 4.78 is 29.9. The van der Waals surface area contributed by atoms with Crippen LogP contribution in [0.3, 0.4) is 0 Å². The van der Waals surface area contributed by atoms with Crippen LogP contribution < -0.4 is 15.4 Å². The number of pyridine rings is 1. The standard InChI is InChI=1S/C20H23F2N3O3/c1-4-18(26)25-17-9-15(5-6-23-17)20(27)24-10-14-7-12(2)19(13(3)8-14)28-11-16(21)22/h5-9,16H,4,10-11H2,1-3H3,(H,24,27)(H,23,25,26). The zero-order valence-corrected chi connectivity index (χ0v) is 16.0. The molecule has 2 amide bonds. The van der Waals surface area contributed by atoms with Crippen LogP contribution in [-0.4, -0.2) is 29.8 Å². The summed E-state index contributed by atoms with van der Waals surface area (Å²) >= 11 is 0. The molecule has 8 heteroatoms. The number of alkyl halides is 2. The van der Waals surface area contributed by atoms with Crippen molar-refractivity contribution < 1.29 is 23.1 Å². The number of aryl methyl sites for hydroxylation is 2. The Morgan fingerprint density at radius 1 is 1.18 bits per heavy atom. The second kappa shape index (κ2) is 9.77. The number of halogens is 2. The molecule has 2 aromatic rings. The molecule has 0 bridgehead atoms. The second-order valence-electron chi connectivity index (χ2n) is 6.27. The highest BCUT2D eigenvalue weighted by Gasteiger charge is 2.12. The van der Waals surface area contributed by atoms with Crippen LogP contribution >= 0.6 is 0 Å². The molecule has 1 aromatic heterocycles. The first-order valence-electron chi connectivity index (χ1n) is 8.85. The average Bonchev–Trinajstić information content (AvgIpc) is 2.65. The van der Waals surface area contributed by atoms with Gasteiger partial charge in [0.2, 0.25) is 5.91 Å². The van der Waals surface area contributed by atoms with E-state index in [-0.39, 0.29) is 18.4 Å². The molecule has 0 radical (unpaired) electrons. The van der Waals surface area contributed by atoms with Crippen molar-refractivity contribution in [1.29, 1.82) is 0 Å². The van der Waals surface area contributed by atoms with Crippen LogP contribution in [0, 0.1) is 13.8 Å². The summed E-state index contributed by atoms with van der Waals surface area (Å²) in [6.07, 6.45) is -0.776. The lowest BCUT2D eigenvalue weighted by atomic mass is 10.1. The van der Waals surface area contributed by atoms with Crippen molar-refractivity contribution in [2.24, 2.45) is 0 Å². The van der Waals surface area contributed by atoms with E-state index < -0.39 is 13.0 Å². The van der Waals surface area contributed by atoms with Gasteiger partial charge in [0.25, 0.3) is 12.3 Å². The van der Waals surface area contributed by atoms with Crippen LogP contribution in [0.1, 0.15) is 40.4 Å². The Bertz CT molecular complexity index is 833. The highest BCUT2D eigenvalue weighted by Crippen LogP contribution is 2.25. The van der Waals surface area contributed by atoms with Crippen molar-refractivity contribution >= 4 is 17.6 Å². The maximum atomic E-state index is 12.4. The first-order chi connectivity index (χ1) is 13.3. The number of hydrogen-bond donors (Lipinski definition) is 2. The summed E-state index contributed by atoms with van der Waals surface area (Å²) in [5.41, 5.74) is 2.63. The second-order valence-corrected chi connectivity index (χ2v) is 6.27. The average molecular weight is 391 g/mol. The highest BCUT2D eigenvalue weighted by molar-refractivity contribution is 5.96. The minimum Gasteiger partial charge on any atom is -0.487 e. The number of amides is 2. The van der Waals surface area contributed by atoms with Gasteiger partial charge in [-0.05, 0) is 42.7 Å². The van der Waals surface area contributed by atoms with Gasteiger partial charge in [0, 0.05) is 24.7 Å². The van der Waals surface area contributed by atoms with Gasteiger partial charge in [-0.2, -0.15) is 0 Å². The maximum absolute atomic E-state index is 12.4. The Labute approximate surface area is 162 Å². The van der Waals surface area contributed by atoms with E-state index in [1.54, 1.807) is 39.0 Å². The molecule has 0 atom stereocenters. The van der Waals surface area contributed by atoms with Gasteiger partial charge >= 0.3 is 0 Å². The highest BCUT2D eigenvalue weighted by atomic mass is 19.3. The predicted octanol–water partition coefficient (Wildman–Crippen LogP) is 3.62. The molecule has 1 heterocycles. The van der Waals surface area contributed by atoms with E-state index in [4.69, 9.17) is 4.74 Å². The molecule has 2 N–H and O–H groups in total. The van der Waals surface area contributed by atoms with Crippen molar-refractivity contribution in [3.8, 4) is 5.75 Å². The largest absolute Gasteiger partial charge is 0.487 e. The number of carbonyl (C=O) groups excluding carboxylic acids is 2. The van der Waals surface area contributed by atoms with Crippen LogP contribution in [0.5, 0.6) is 5.75 Å². The van der Waals surface area contributed by atoms with Crippen LogP contribution in [-0.2, 0) is 11.3 Å². The van der Waals surface area contributed by atoms with E-state index in [2.05, 4.69) is 15.6 Å². The van der Waals surface area contributed by atoms with Crippen LogP contribution in [0.4, 0.5) is 14.6 Å². The first-order valence-corrected chi connectivity index (χ1v) is 8.85. The Balaban J connectivity index is 2.03. The molecular weight excluding hydrogens is 368 g/mol. The SMILES string of the molecule is CCC(=O)Nc1cc(C(=O)NCc2cc(C)c(OCC(F)F)c(C)c2)ccn1. The smallest absolute Gasteiger partial charge is 0.272 e. The summed E-state index contributed by atoms with van der Waals surface area (Å²) in [4.78, 5) is 27.8. The number of benzene rings is 1. The first kappa shape index (κ1) is 21.3. The van der Waals surface area contributed by atoms with Crippen molar-refractivity contribution in [2.45, 2.75) is 40.2 Å². The molecule has 0 saturated carbocycles. The Morgan fingerprint density at radius 2 is 1.86 bits per heavy atom. The lowest BCUT2D eigenvalue weighted by molar-refractivity contribution is -0.115. The molecule has 0 aliphatic rings. The van der Waals surface area contributed by atoms with Gasteiger partial charge in [0.1, 0.15) is 18.2 Å². The molecule has 1 aromatic carbocycles. The van der Waals surface area contributed by atoms with Gasteiger partial charge < -0.3 is 15.4 Å². The molecular formula is C20H23F2N3O3. The van der Waals surface area contributed by atoms with Gasteiger partial charge in [0.05, 0.1) is 0 Å². The molecule has 0 fully saturated rings. The monoisotopic (exact) mass is 391 g/mol. The zero-order chi connectivity index (χ0) is 20.7. The molecule has 6 nitrogen and oxygen atoms in total. The molecule has 0 spiro atoms. The van der Waals surface area contributed by atoms with Gasteiger partial charge in [-0.3, -0.25) is 9.59 Å². The number of nitrogens with one attached hydrogen (secondary N) is 2. The van der Waals surface area contributed by atoms with Gasteiger partial charge in [0.15, 0.2) is 0 Å². The minimum atomic E-state index is -2.54. The van der Waals surface area contributed by atoms with E-state index >= 15 is 0 Å². The number of ether oxygens (including phenoxy) is 1. The zero-order valence-electron chi connectivity index (χ0n) is 16.0. The van der Waals surface area contributed by atoms with Crippen LogP contribution in [0.25, 0.3) is 0 Å². The Morgan fingerprint density at radius 3 is 2.46 bits per heavy atom. The lowest BCUT2D eigenvalue weighted by Crippen LogP contribution is -2.23. The van der Waals surface area contributed by atoms with E-state index in [0.717, 1.165) is 16.7 Å². The molecule has 0 aliphatic heterocycles. The van der Waals surface area contributed by atoms with Gasteiger partial charge in [-0.1, -0.05) is 19.1 Å². The minimum absolute atomic E-state index is 0.190. The summed E-state index contributed by atoms with van der Waals surface area (Å²) in [6.45, 7) is 4.86. The third kappa shape index (κ3) is 6.00. The summed E-state index contributed by atoms with van der Waals surface area (Å²) in [5, 5.41) is 5.40. The number of nitrogens with zero attached hydrogens (tertiary/aromatic N) is 1. The van der Waals surface area contributed by atoms with Gasteiger partial charge in [-0.25, -0.2) is 13.8 Å². The van der Waals surface area contributed by atoms with Crippen LogP contribution in [0.2, 0.25) is 0 Å². The molecule has 0 saturated heterocycles. The fourth-order valence-electron chi connectivity index (χ4n) is 2.67. The third-order valence-corrected chi connectivity index (χ3v) is 3.94. The number of rotatable bonds is 8. The molecule has 2 rings (SSSR count). The van der Waals surface area contributed by atoms with Crippen molar-refractivity contribution in [3.05, 3.63) is 52.7 Å². The predicted molar refractivity (Wildman–Crippen MR) is 102 cm³/mol. The Kier molecular flexibility index (Phi) is 7.43. The normalized spacial score (nSPS) is 10.6. The van der Waals surface area contributed by atoms with Gasteiger partial charge in [-0.15, -0.1) is 0 Å². The van der Waals surface area contributed by atoms with E-state index in [1.165, 1.54) is 12.3 Å². The molecule has 0 aliphatic carbocycles. The number of carbonyl (C=O) groups is 2. The fraction of sp³-hybridized carbons (Fsp3) is 0.350. The molecule has 150 valence electrons. The third-order valence-electron chi connectivity index (χ3n) is 3.94. The van der Waals surface area contributed by atoms with E-state index in [1.807, 2.05) is 0 Å². The molecule has 28 heavy (non-hydrogen) atoms. The van der Waals surface area contributed by atoms with E-state index in [9.17, 15) is 18.4 Å². The summed E-state index contributed by atoms with van der Waals surface area (Å²) in [7, 11) is 0. The lowest BCUT2D eigenvalue weighted by Gasteiger charge is -2.14. The summed E-state index contributed by atoms with van der Waals surface area (Å²) in [6, 6.07) is 6.62. The maximum Gasteiger partial charge on any atom is 0.272 e. The van der Waals surface area contributed by atoms with Crippen LogP contribution in [0.15, 0.2) is 30.5 Å². The Hall–Kier alpha value is -3.03. The quantitative estimate of drug-likeness (QED) is 0.720. The fourth-order valence-corrected chi connectivity index (χ4v) is 2.67. The van der Waals surface area contributed by atoms with Crippen molar-refractivity contribution in [2.75, 3.05) is 11.9 Å². The number of hydrogen-bond acceptors (Lipinski definition) is 4. The van der Waals surface area contributed by atoms with Crippen molar-refractivity contribution in [1.82, 2.24) is 10.3 Å². The topological polar surface area (TPSA) is 80.3 Å².